The Balaban J connectivity index is 1.90. The van der Waals surface area contributed by atoms with Crippen molar-refractivity contribution in [3.63, 3.8) is 0 Å². The summed E-state index contributed by atoms with van der Waals surface area (Å²) in [6, 6.07) is 4.78. The first-order valence-corrected chi connectivity index (χ1v) is 7.80. The number of hydrogen-bond acceptors (Lipinski definition) is 4. The van der Waals surface area contributed by atoms with E-state index >= 15 is 0 Å². The summed E-state index contributed by atoms with van der Waals surface area (Å²) in [7, 11) is -4.22. The van der Waals surface area contributed by atoms with Crippen molar-refractivity contribution in [2.24, 2.45) is 0 Å². The lowest BCUT2D eigenvalue weighted by molar-refractivity contribution is 0.119. The van der Waals surface area contributed by atoms with Crippen LogP contribution in [0.5, 0.6) is 0 Å². The molecule has 1 heterocycles. The van der Waals surface area contributed by atoms with Crippen molar-refractivity contribution >= 4 is 21.8 Å². The zero-order valence-electron chi connectivity index (χ0n) is 11.2. The summed E-state index contributed by atoms with van der Waals surface area (Å²) < 4.78 is 35.8. The monoisotopic (exact) mass is 312 g/mol. The Morgan fingerprint density at radius 2 is 1.81 bits per heavy atom. The molecular weight excluding hydrogens is 296 g/mol. The average Bonchev–Trinajstić information content (AvgIpc) is 2.46. The van der Waals surface area contributed by atoms with Gasteiger partial charge in [-0.15, -0.1) is 0 Å². The van der Waals surface area contributed by atoms with E-state index in [4.69, 9.17) is 9.29 Å². The van der Waals surface area contributed by atoms with Crippen LogP contribution in [0.2, 0.25) is 0 Å². The average molecular weight is 312 g/mol. The highest BCUT2D eigenvalue weighted by Crippen LogP contribution is 2.14. The Hall–Kier alpha value is -1.90. The van der Waals surface area contributed by atoms with Crippen molar-refractivity contribution in [1.29, 1.82) is 0 Å². The van der Waals surface area contributed by atoms with Gasteiger partial charge >= 0.3 is 6.03 Å². The molecule has 1 saturated heterocycles. The standard InChI is InChI=1S/C13H16N2O5S/c16-13(14-9-10-5-7-20-8-6-10)15-11-1-3-12(4-2-11)21(17,18)19/h1-4,9H,5-8H2,(H2,14,15,16)(H,17,18,19). The molecule has 8 heteroatoms. The molecule has 0 bridgehead atoms. The zero-order chi connectivity index (χ0) is 15.3. The second-order valence-electron chi connectivity index (χ2n) is 4.51. The van der Waals surface area contributed by atoms with E-state index in [2.05, 4.69) is 10.6 Å². The summed E-state index contributed by atoms with van der Waals surface area (Å²) in [5.74, 6) is 0. The van der Waals surface area contributed by atoms with E-state index in [0.29, 0.717) is 18.9 Å². The first-order chi connectivity index (χ1) is 9.95. The molecule has 0 aliphatic carbocycles. The second-order valence-corrected chi connectivity index (χ2v) is 5.93. The summed E-state index contributed by atoms with van der Waals surface area (Å²) in [4.78, 5) is 11.4. The minimum atomic E-state index is -4.22. The van der Waals surface area contributed by atoms with Crippen molar-refractivity contribution in [1.82, 2.24) is 5.32 Å². The van der Waals surface area contributed by atoms with E-state index in [-0.39, 0.29) is 4.90 Å². The van der Waals surface area contributed by atoms with Gasteiger partial charge in [-0.1, -0.05) is 0 Å². The van der Waals surface area contributed by atoms with E-state index in [0.717, 1.165) is 18.4 Å². The molecular formula is C13H16N2O5S. The molecule has 21 heavy (non-hydrogen) atoms. The van der Waals surface area contributed by atoms with Crippen LogP contribution < -0.4 is 10.6 Å². The van der Waals surface area contributed by atoms with Gasteiger partial charge in [0.15, 0.2) is 0 Å². The van der Waals surface area contributed by atoms with Crippen molar-refractivity contribution in [2.75, 3.05) is 18.5 Å². The first-order valence-electron chi connectivity index (χ1n) is 6.36. The maximum atomic E-state index is 11.7. The third kappa shape index (κ3) is 4.85. The minimum Gasteiger partial charge on any atom is -0.381 e. The lowest BCUT2D eigenvalue weighted by Crippen LogP contribution is -2.25. The van der Waals surface area contributed by atoms with E-state index in [1.807, 2.05) is 0 Å². The molecule has 0 aromatic heterocycles. The van der Waals surface area contributed by atoms with Gasteiger partial charge in [0.05, 0.1) is 18.1 Å². The summed E-state index contributed by atoms with van der Waals surface area (Å²) in [6.45, 7) is 1.32. The normalized spacial score (nSPS) is 15.4. The Labute approximate surface area is 122 Å². The Kier molecular flexibility index (Phi) is 4.94. The summed E-state index contributed by atoms with van der Waals surface area (Å²) in [5.41, 5.74) is 1.53. The molecule has 114 valence electrons. The fourth-order valence-corrected chi connectivity index (χ4v) is 2.30. The van der Waals surface area contributed by atoms with Crippen molar-refractivity contribution in [2.45, 2.75) is 17.7 Å². The molecule has 1 aromatic rings. The molecule has 2 rings (SSSR count). The van der Waals surface area contributed by atoms with Crippen LogP contribution in [-0.4, -0.2) is 32.2 Å². The van der Waals surface area contributed by atoms with Gasteiger partial charge in [-0.3, -0.25) is 4.55 Å². The Morgan fingerprint density at radius 1 is 1.19 bits per heavy atom. The molecule has 1 aliphatic rings. The number of benzene rings is 1. The lowest BCUT2D eigenvalue weighted by atomic mass is 10.1. The predicted molar refractivity (Wildman–Crippen MR) is 76.5 cm³/mol. The number of amides is 2. The number of ether oxygens (including phenoxy) is 1. The van der Waals surface area contributed by atoms with Gasteiger partial charge in [0.1, 0.15) is 0 Å². The van der Waals surface area contributed by atoms with Crippen LogP contribution in [0.4, 0.5) is 10.5 Å². The van der Waals surface area contributed by atoms with Gasteiger partial charge in [0.2, 0.25) is 0 Å². The highest BCUT2D eigenvalue weighted by atomic mass is 32.2. The number of hydrogen-bond donors (Lipinski definition) is 3. The second kappa shape index (κ2) is 6.70. The van der Waals surface area contributed by atoms with E-state index in [1.165, 1.54) is 24.3 Å². The SMILES string of the molecule is O=C(NC=C1CCOCC1)Nc1ccc(S(=O)(=O)O)cc1. The predicted octanol–water partition coefficient (Wildman–Crippen LogP) is 1.75. The number of rotatable bonds is 3. The number of anilines is 1. The van der Waals surface area contributed by atoms with Gasteiger partial charge in [-0.05, 0) is 42.7 Å². The number of carbonyl (C=O) groups is 1. The summed E-state index contributed by atoms with van der Waals surface area (Å²) >= 11 is 0. The van der Waals surface area contributed by atoms with Crippen LogP contribution in [0.1, 0.15) is 12.8 Å². The minimum absolute atomic E-state index is 0.224. The fourth-order valence-electron chi connectivity index (χ4n) is 1.82. The van der Waals surface area contributed by atoms with Gasteiger partial charge in [0, 0.05) is 11.9 Å². The smallest absolute Gasteiger partial charge is 0.323 e. The molecule has 1 aromatic carbocycles. The maximum absolute atomic E-state index is 11.7. The van der Waals surface area contributed by atoms with Crippen LogP contribution >= 0.6 is 0 Å². The van der Waals surface area contributed by atoms with Crippen LogP contribution in [0.3, 0.4) is 0 Å². The van der Waals surface area contributed by atoms with Crippen molar-refractivity contribution in [3.8, 4) is 0 Å². The third-order valence-electron chi connectivity index (χ3n) is 2.95. The van der Waals surface area contributed by atoms with Gasteiger partial charge < -0.3 is 15.4 Å². The van der Waals surface area contributed by atoms with E-state index in [9.17, 15) is 13.2 Å². The third-order valence-corrected chi connectivity index (χ3v) is 3.82. The molecule has 2 amide bonds. The maximum Gasteiger partial charge on any atom is 0.323 e. The quantitative estimate of drug-likeness (QED) is 0.738. The summed E-state index contributed by atoms with van der Waals surface area (Å²) in [6.07, 6.45) is 3.25. The number of carbonyl (C=O) groups excluding carboxylic acids is 1. The Bertz CT molecular complexity index is 629. The van der Waals surface area contributed by atoms with Crippen molar-refractivity contribution in [3.05, 3.63) is 36.0 Å². The van der Waals surface area contributed by atoms with Crippen LogP contribution in [0, 0.1) is 0 Å². The zero-order valence-corrected chi connectivity index (χ0v) is 12.0. The molecule has 0 atom stereocenters. The molecule has 1 aliphatic heterocycles. The molecule has 7 nitrogen and oxygen atoms in total. The summed E-state index contributed by atoms with van der Waals surface area (Å²) in [5, 5.41) is 5.17. The highest BCUT2D eigenvalue weighted by Gasteiger charge is 2.09. The molecule has 1 fully saturated rings. The van der Waals surface area contributed by atoms with Crippen LogP contribution in [0.25, 0.3) is 0 Å². The molecule has 0 unspecified atom stereocenters. The van der Waals surface area contributed by atoms with Crippen LogP contribution in [0.15, 0.2) is 40.9 Å². The Morgan fingerprint density at radius 3 is 2.38 bits per heavy atom. The van der Waals surface area contributed by atoms with Crippen LogP contribution in [-0.2, 0) is 14.9 Å². The number of urea groups is 1. The van der Waals surface area contributed by atoms with Gasteiger partial charge in [0.25, 0.3) is 10.1 Å². The topological polar surface area (TPSA) is 105 Å². The molecule has 3 N–H and O–H groups in total. The largest absolute Gasteiger partial charge is 0.381 e. The van der Waals surface area contributed by atoms with Gasteiger partial charge in [-0.2, -0.15) is 8.42 Å². The van der Waals surface area contributed by atoms with Gasteiger partial charge in [-0.25, -0.2) is 4.79 Å². The first kappa shape index (κ1) is 15.5. The van der Waals surface area contributed by atoms with E-state index < -0.39 is 16.1 Å². The number of nitrogens with one attached hydrogen (secondary N) is 2. The fraction of sp³-hybridized carbons (Fsp3) is 0.308. The highest BCUT2D eigenvalue weighted by molar-refractivity contribution is 7.85. The lowest BCUT2D eigenvalue weighted by Gasteiger charge is -2.14. The molecule has 0 saturated carbocycles. The van der Waals surface area contributed by atoms with E-state index in [1.54, 1.807) is 6.20 Å². The molecule has 0 spiro atoms. The van der Waals surface area contributed by atoms with Crippen molar-refractivity contribution < 1.29 is 22.5 Å². The molecule has 0 radical (unpaired) electrons.